The van der Waals surface area contributed by atoms with E-state index < -0.39 is 0 Å². The second-order valence-electron chi connectivity index (χ2n) is 5.01. The van der Waals surface area contributed by atoms with Crippen molar-refractivity contribution >= 4 is 17.4 Å². The van der Waals surface area contributed by atoms with Gasteiger partial charge in [0.2, 0.25) is 0 Å². The Balaban J connectivity index is 1.77. The quantitative estimate of drug-likeness (QED) is 0.764. The molecule has 0 saturated carbocycles. The molecule has 2 aliphatic rings. The minimum atomic E-state index is 0.0890. The molecule has 4 heteroatoms. The van der Waals surface area contributed by atoms with Gasteiger partial charge in [-0.1, -0.05) is 12.1 Å². The first-order chi connectivity index (χ1) is 8.65. The van der Waals surface area contributed by atoms with Gasteiger partial charge in [-0.2, -0.15) is 0 Å². The molecule has 2 bridgehead atoms. The SMILES string of the molecule is Cc1cccc(O[C@H]2CCN3C[C@H]2OC3=S)c1C. The van der Waals surface area contributed by atoms with Crippen LogP contribution in [0, 0.1) is 13.8 Å². The van der Waals surface area contributed by atoms with E-state index in [1.165, 1.54) is 11.1 Å². The lowest BCUT2D eigenvalue weighted by Crippen LogP contribution is -2.42. The fourth-order valence-corrected chi connectivity index (χ4v) is 2.82. The molecule has 2 saturated heterocycles. The van der Waals surface area contributed by atoms with Crippen LogP contribution in [-0.2, 0) is 4.74 Å². The van der Waals surface area contributed by atoms with Gasteiger partial charge in [0, 0.05) is 13.0 Å². The third-order valence-corrected chi connectivity index (χ3v) is 4.20. The molecule has 0 amide bonds. The highest BCUT2D eigenvalue weighted by Crippen LogP contribution is 2.29. The van der Waals surface area contributed by atoms with Crippen LogP contribution in [0.1, 0.15) is 17.5 Å². The van der Waals surface area contributed by atoms with Crippen molar-refractivity contribution in [2.24, 2.45) is 0 Å². The van der Waals surface area contributed by atoms with E-state index in [-0.39, 0.29) is 12.2 Å². The predicted octanol–water partition coefficient (Wildman–Crippen LogP) is 2.44. The zero-order valence-corrected chi connectivity index (χ0v) is 11.5. The Morgan fingerprint density at radius 2 is 2.22 bits per heavy atom. The maximum Gasteiger partial charge on any atom is 0.259 e. The van der Waals surface area contributed by atoms with Crippen LogP contribution in [0.15, 0.2) is 18.2 Å². The van der Waals surface area contributed by atoms with Gasteiger partial charge >= 0.3 is 0 Å². The first-order valence-electron chi connectivity index (χ1n) is 6.33. The molecule has 1 aromatic rings. The highest BCUT2D eigenvalue weighted by Gasteiger charge is 2.40. The molecule has 3 nitrogen and oxygen atoms in total. The van der Waals surface area contributed by atoms with Crippen molar-refractivity contribution in [2.75, 3.05) is 13.1 Å². The van der Waals surface area contributed by atoms with E-state index in [1.807, 2.05) is 12.1 Å². The number of hydrogen-bond donors (Lipinski definition) is 0. The summed E-state index contributed by atoms with van der Waals surface area (Å²) in [6.07, 6.45) is 1.17. The Hall–Kier alpha value is -1.29. The molecule has 2 aliphatic heterocycles. The lowest BCUT2D eigenvalue weighted by atomic mass is 10.1. The summed E-state index contributed by atoms with van der Waals surface area (Å²) in [4.78, 5) is 2.11. The van der Waals surface area contributed by atoms with Gasteiger partial charge in [0.15, 0.2) is 6.10 Å². The molecule has 2 heterocycles. The lowest BCUT2D eigenvalue weighted by molar-refractivity contribution is 0.0473. The van der Waals surface area contributed by atoms with Crippen molar-refractivity contribution in [1.82, 2.24) is 4.90 Å². The third-order valence-electron chi connectivity index (χ3n) is 3.84. The summed E-state index contributed by atoms with van der Waals surface area (Å²) >= 11 is 5.17. The van der Waals surface area contributed by atoms with Crippen LogP contribution in [0.5, 0.6) is 5.75 Å². The number of benzene rings is 1. The van der Waals surface area contributed by atoms with E-state index >= 15 is 0 Å². The zero-order chi connectivity index (χ0) is 12.7. The first kappa shape index (κ1) is 11.8. The van der Waals surface area contributed by atoms with Crippen LogP contribution in [-0.4, -0.2) is 35.4 Å². The number of nitrogens with zero attached hydrogens (tertiary/aromatic N) is 1. The molecule has 1 aromatic carbocycles. The maximum atomic E-state index is 6.13. The van der Waals surface area contributed by atoms with E-state index in [0.717, 1.165) is 25.3 Å². The lowest BCUT2D eigenvalue weighted by Gasteiger charge is -2.28. The van der Waals surface area contributed by atoms with Crippen LogP contribution in [0.2, 0.25) is 0 Å². The monoisotopic (exact) mass is 263 g/mol. The van der Waals surface area contributed by atoms with Crippen molar-refractivity contribution < 1.29 is 9.47 Å². The van der Waals surface area contributed by atoms with Crippen molar-refractivity contribution in [2.45, 2.75) is 32.5 Å². The Labute approximate surface area is 113 Å². The van der Waals surface area contributed by atoms with E-state index in [0.29, 0.717) is 5.17 Å². The van der Waals surface area contributed by atoms with Crippen LogP contribution >= 0.6 is 12.2 Å². The fraction of sp³-hybridized carbons (Fsp3) is 0.500. The van der Waals surface area contributed by atoms with Crippen LogP contribution in [0.4, 0.5) is 0 Å². The Morgan fingerprint density at radius 3 is 3.06 bits per heavy atom. The minimum absolute atomic E-state index is 0.0890. The second-order valence-corrected chi connectivity index (χ2v) is 5.36. The first-order valence-corrected chi connectivity index (χ1v) is 6.74. The molecule has 2 atom stereocenters. The van der Waals surface area contributed by atoms with E-state index in [9.17, 15) is 0 Å². The molecule has 18 heavy (non-hydrogen) atoms. The number of ether oxygens (including phenoxy) is 2. The molecular formula is C14H17NO2S. The summed E-state index contributed by atoms with van der Waals surface area (Å²) in [5, 5.41) is 0.632. The number of hydrogen-bond acceptors (Lipinski definition) is 3. The van der Waals surface area contributed by atoms with E-state index in [2.05, 4.69) is 24.8 Å². The number of thiocarbonyl (C=S) groups is 1. The van der Waals surface area contributed by atoms with Crippen LogP contribution < -0.4 is 4.74 Å². The summed E-state index contributed by atoms with van der Waals surface area (Å²) in [7, 11) is 0. The predicted molar refractivity (Wildman–Crippen MR) is 74.0 cm³/mol. The molecule has 96 valence electrons. The summed E-state index contributed by atoms with van der Waals surface area (Å²) in [6.45, 7) is 6.01. The van der Waals surface area contributed by atoms with E-state index in [4.69, 9.17) is 21.7 Å². The molecule has 0 N–H and O–H groups in total. The number of aryl methyl sites for hydroxylation is 1. The molecule has 0 spiro atoms. The summed E-state index contributed by atoms with van der Waals surface area (Å²) < 4.78 is 11.8. The number of piperidine rings is 1. The molecule has 3 rings (SSSR count). The second kappa shape index (κ2) is 4.43. The molecule has 0 aliphatic carbocycles. The summed E-state index contributed by atoms with van der Waals surface area (Å²) in [5.74, 6) is 0.967. The van der Waals surface area contributed by atoms with Crippen molar-refractivity contribution in [3.05, 3.63) is 29.3 Å². The standard InChI is InChI=1S/C14H17NO2S/c1-9-4-3-5-11(10(9)2)16-12-6-7-15-8-13(12)17-14(15)18/h3-5,12-13H,6-8H2,1-2H3/t12-,13+/m0/s1. The van der Waals surface area contributed by atoms with Crippen molar-refractivity contribution in [3.63, 3.8) is 0 Å². The Morgan fingerprint density at radius 1 is 1.39 bits per heavy atom. The van der Waals surface area contributed by atoms with Gasteiger partial charge in [-0.15, -0.1) is 0 Å². The van der Waals surface area contributed by atoms with Gasteiger partial charge < -0.3 is 14.4 Å². The highest BCUT2D eigenvalue weighted by molar-refractivity contribution is 7.80. The number of fused-ring (bicyclic) bond motifs is 2. The van der Waals surface area contributed by atoms with Crippen molar-refractivity contribution in [3.8, 4) is 5.75 Å². The molecule has 0 aromatic heterocycles. The van der Waals surface area contributed by atoms with Gasteiger partial charge in [0.05, 0.1) is 6.54 Å². The van der Waals surface area contributed by atoms with E-state index in [1.54, 1.807) is 0 Å². The Bertz CT molecular complexity index is 489. The van der Waals surface area contributed by atoms with Gasteiger partial charge in [-0.25, -0.2) is 0 Å². The average molecular weight is 263 g/mol. The van der Waals surface area contributed by atoms with Gasteiger partial charge in [-0.3, -0.25) is 0 Å². The smallest absolute Gasteiger partial charge is 0.259 e. The van der Waals surface area contributed by atoms with Crippen molar-refractivity contribution in [1.29, 1.82) is 0 Å². The average Bonchev–Trinajstić information content (AvgIpc) is 2.65. The van der Waals surface area contributed by atoms with Gasteiger partial charge in [-0.05, 0) is 43.3 Å². The maximum absolute atomic E-state index is 6.13. The number of rotatable bonds is 2. The van der Waals surface area contributed by atoms with Crippen LogP contribution in [0.25, 0.3) is 0 Å². The summed E-state index contributed by atoms with van der Waals surface area (Å²) in [6, 6.07) is 6.17. The molecular weight excluding hydrogens is 246 g/mol. The molecule has 0 radical (unpaired) electrons. The van der Waals surface area contributed by atoms with Crippen LogP contribution in [0.3, 0.4) is 0 Å². The summed E-state index contributed by atoms with van der Waals surface area (Å²) in [5.41, 5.74) is 2.47. The normalized spacial score (nSPS) is 26.1. The third kappa shape index (κ3) is 1.94. The van der Waals surface area contributed by atoms with Gasteiger partial charge in [0.1, 0.15) is 11.9 Å². The Kier molecular flexibility index (Phi) is 2.90. The fourth-order valence-electron chi connectivity index (χ4n) is 2.53. The minimum Gasteiger partial charge on any atom is -0.486 e. The highest BCUT2D eigenvalue weighted by atomic mass is 32.1. The topological polar surface area (TPSA) is 21.7 Å². The molecule has 0 unspecified atom stereocenters. The molecule has 2 fully saturated rings. The zero-order valence-electron chi connectivity index (χ0n) is 10.7. The largest absolute Gasteiger partial charge is 0.486 e. The van der Waals surface area contributed by atoms with Gasteiger partial charge in [0.25, 0.3) is 5.17 Å².